The Morgan fingerprint density at radius 2 is 2.07 bits per heavy atom. The molecular weight excluding hydrogens is 190 g/mol. The van der Waals surface area contributed by atoms with Gasteiger partial charge in [-0.25, -0.2) is 4.79 Å². The number of carbonyl (C=O) groups excluding carboxylic acids is 1. The molecule has 1 fully saturated rings. The molecular formula is C12H23NO2. The summed E-state index contributed by atoms with van der Waals surface area (Å²) in [6.45, 7) is 7.75. The summed E-state index contributed by atoms with van der Waals surface area (Å²) in [5.41, 5.74) is -0.401. The maximum absolute atomic E-state index is 11.5. The number of rotatable bonds is 4. The van der Waals surface area contributed by atoms with E-state index in [2.05, 4.69) is 12.2 Å². The molecule has 1 rings (SSSR count). The molecule has 3 nitrogen and oxygen atoms in total. The predicted octanol–water partition coefficient (Wildman–Crippen LogP) is 3.09. The minimum atomic E-state index is -0.401. The van der Waals surface area contributed by atoms with E-state index < -0.39 is 5.60 Å². The first-order valence-electron chi connectivity index (χ1n) is 5.90. The summed E-state index contributed by atoms with van der Waals surface area (Å²) in [5.74, 6) is 0.838. The Morgan fingerprint density at radius 3 is 2.47 bits per heavy atom. The van der Waals surface area contributed by atoms with Crippen LogP contribution < -0.4 is 5.32 Å². The lowest BCUT2D eigenvalue weighted by molar-refractivity contribution is 0.0499. The zero-order valence-electron chi connectivity index (χ0n) is 10.3. The van der Waals surface area contributed by atoms with Crippen LogP contribution in [-0.2, 0) is 4.74 Å². The van der Waals surface area contributed by atoms with Gasteiger partial charge in [0.2, 0.25) is 0 Å². The molecule has 0 heterocycles. The van der Waals surface area contributed by atoms with Crippen LogP contribution in [-0.4, -0.2) is 17.7 Å². The molecule has 0 bridgehead atoms. The van der Waals surface area contributed by atoms with Crippen molar-refractivity contribution in [3.63, 3.8) is 0 Å². The van der Waals surface area contributed by atoms with Crippen LogP contribution in [0.25, 0.3) is 0 Å². The quantitative estimate of drug-likeness (QED) is 0.779. The smallest absolute Gasteiger partial charge is 0.407 e. The molecule has 0 saturated heterocycles. The van der Waals surface area contributed by atoms with E-state index in [1.54, 1.807) is 0 Å². The molecule has 1 aliphatic rings. The van der Waals surface area contributed by atoms with E-state index in [-0.39, 0.29) is 12.1 Å². The molecule has 0 aromatic rings. The van der Waals surface area contributed by atoms with Crippen LogP contribution in [0, 0.1) is 5.92 Å². The van der Waals surface area contributed by atoms with Crippen molar-refractivity contribution in [2.45, 2.75) is 65.0 Å². The lowest BCUT2D eigenvalue weighted by atomic mass is 10.1. The lowest BCUT2D eigenvalue weighted by Crippen LogP contribution is -2.39. The third kappa shape index (κ3) is 5.65. The summed E-state index contributed by atoms with van der Waals surface area (Å²) in [5, 5.41) is 2.93. The Hall–Kier alpha value is -0.730. The van der Waals surface area contributed by atoms with E-state index in [9.17, 15) is 4.79 Å². The van der Waals surface area contributed by atoms with Crippen LogP contribution in [0.4, 0.5) is 4.79 Å². The van der Waals surface area contributed by atoms with Crippen LogP contribution in [0.5, 0.6) is 0 Å². The molecule has 1 atom stereocenters. The normalized spacial score (nSPS) is 18.4. The van der Waals surface area contributed by atoms with Crippen LogP contribution in [0.2, 0.25) is 0 Å². The van der Waals surface area contributed by atoms with Crippen LogP contribution >= 0.6 is 0 Å². The van der Waals surface area contributed by atoms with Gasteiger partial charge in [0.15, 0.2) is 0 Å². The first-order chi connectivity index (χ1) is 6.90. The Morgan fingerprint density at radius 1 is 1.47 bits per heavy atom. The Bertz CT molecular complexity index is 216. The van der Waals surface area contributed by atoms with Gasteiger partial charge in [0.1, 0.15) is 5.60 Å². The molecule has 0 aliphatic heterocycles. The second-order valence-corrected chi connectivity index (χ2v) is 5.43. The second-order valence-electron chi connectivity index (χ2n) is 5.43. The molecule has 1 amide bonds. The highest BCUT2D eigenvalue weighted by molar-refractivity contribution is 5.68. The maximum atomic E-state index is 11.5. The molecule has 3 heteroatoms. The Labute approximate surface area is 92.6 Å². The van der Waals surface area contributed by atoms with Crippen molar-refractivity contribution in [2.24, 2.45) is 5.92 Å². The fourth-order valence-electron chi connectivity index (χ4n) is 1.56. The predicted molar refractivity (Wildman–Crippen MR) is 60.8 cm³/mol. The van der Waals surface area contributed by atoms with Crippen LogP contribution in [0.3, 0.4) is 0 Å². The molecule has 0 spiro atoms. The molecule has 1 aliphatic carbocycles. The minimum absolute atomic E-state index is 0.282. The molecule has 0 aromatic carbocycles. The van der Waals surface area contributed by atoms with Gasteiger partial charge in [-0.15, -0.1) is 0 Å². The Balaban J connectivity index is 2.27. The van der Waals surface area contributed by atoms with Gasteiger partial charge < -0.3 is 10.1 Å². The number of carbonyl (C=O) groups is 1. The van der Waals surface area contributed by atoms with E-state index >= 15 is 0 Å². The van der Waals surface area contributed by atoms with Gasteiger partial charge in [-0.05, 0) is 39.5 Å². The number of hydrogen-bond donors (Lipinski definition) is 1. The van der Waals surface area contributed by atoms with Crippen molar-refractivity contribution in [3.05, 3.63) is 0 Å². The van der Waals surface area contributed by atoms with Gasteiger partial charge in [-0.3, -0.25) is 0 Å². The summed E-state index contributed by atoms with van der Waals surface area (Å²) in [6, 6.07) is 0.285. The lowest BCUT2D eigenvalue weighted by Gasteiger charge is -2.23. The van der Waals surface area contributed by atoms with Crippen molar-refractivity contribution >= 4 is 6.09 Å². The second kappa shape index (κ2) is 4.86. The highest BCUT2D eigenvalue weighted by Crippen LogP contribution is 2.34. The summed E-state index contributed by atoms with van der Waals surface area (Å²) in [7, 11) is 0. The third-order valence-electron chi connectivity index (χ3n) is 2.53. The number of alkyl carbamates (subject to hydrolysis) is 1. The van der Waals surface area contributed by atoms with Gasteiger partial charge in [0, 0.05) is 6.04 Å². The maximum Gasteiger partial charge on any atom is 0.407 e. The monoisotopic (exact) mass is 213 g/mol. The first-order valence-corrected chi connectivity index (χ1v) is 5.90. The number of ether oxygens (including phenoxy) is 1. The van der Waals surface area contributed by atoms with Gasteiger partial charge in [0.25, 0.3) is 0 Å². The van der Waals surface area contributed by atoms with Crippen molar-refractivity contribution in [1.29, 1.82) is 0 Å². The SMILES string of the molecule is CCC(CC1CC1)NC(=O)OC(C)(C)C. The van der Waals surface area contributed by atoms with E-state index in [0.29, 0.717) is 0 Å². The van der Waals surface area contributed by atoms with E-state index in [4.69, 9.17) is 4.74 Å². The van der Waals surface area contributed by atoms with Gasteiger partial charge in [-0.1, -0.05) is 19.8 Å². The van der Waals surface area contributed by atoms with Crippen molar-refractivity contribution < 1.29 is 9.53 Å². The zero-order chi connectivity index (χ0) is 11.5. The highest BCUT2D eigenvalue weighted by Gasteiger charge is 2.26. The van der Waals surface area contributed by atoms with Crippen LogP contribution in [0.1, 0.15) is 53.4 Å². The van der Waals surface area contributed by atoms with Crippen molar-refractivity contribution in [2.75, 3.05) is 0 Å². The standard InChI is InChI=1S/C12H23NO2/c1-5-10(8-9-6-7-9)13-11(14)15-12(2,3)4/h9-10H,5-8H2,1-4H3,(H,13,14). The summed E-state index contributed by atoms with van der Waals surface area (Å²) >= 11 is 0. The average molecular weight is 213 g/mol. The van der Waals surface area contributed by atoms with Crippen molar-refractivity contribution in [3.8, 4) is 0 Å². The van der Waals surface area contributed by atoms with Gasteiger partial charge >= 0.3 is 6.09 Å². The van der Waals surface area contributed by atoms with Gasteiger partial charge in [-0.2, -0.15) is 0 Å². The number of hydrogen-bond acceptors (Lipinski definition) is 2. The number of nitrogens with one attached hydrogen (secondary N) is 1. The summed E-state index contributed by atoms with van der Waals surface area (Å²) < 4.78 is 5.22. The first kappa shape index (κ1) is 12.3. The molecule has 0 aromatic heterocycles. The van der Waals surface area contributed by atoms with Crippen molar-refractivity contribution in [1.82, 2.24) is 5.32 Å². The molecule has 88 valence electrons. The van der Waals surface area contributed by atoms with E-state index in [0.717, 1.165) is 18.8 Å². The largest absolute Gasteiger partial charge is 0.444 e. The van der Waals surface area contributed by atoms with E-state index in [1.807, 2.05) is 20.8 Å². The molecule has 15 heavy (non-hydrogen) atoms. The number of amides is 1. The fraction of sp³-hybridized carbons (Fsp3) is 0.917. The van der Waals surface area contributed by atoms with E-state index in [1.165, 1.54) is 12.8 Å². The zero-order valence-corrected chi connectivity index (χ0v) is 10.3. The topological polar surface area (TPSA) is 38.3 Å². The minimum Gasteiger partial charge on any atom is -0.444 e. The summed E-state index contributed by atoms with van der Waals surface area (Å²) in [4.78, 5) is 11.5. The van der Waals surface area contributed by atoms with Gasteiger partial charge in [0.05, 0.1) is 0 Å². The average Bonchev–Trinajstić information content (AvgIpc) is 2.83. The molecule has 1 unspecified atom stereocenters. The third-order valence-corrected chi connectivity index (χ3v) is 2.53. The molecule has 1 saturated carbocycles. The van der Waals surface area contributed by atoms with Crippen LogP contribution in [0.15, 0.2) is 0 Å². The Kier molecular flexibility index (Phi) is 4.00. The summed E-state index contributed by atoms with van der Waals surface area (Å²) in [6.07, 6.45) is 4.46. The molecule has 1 N–H and O–H groups in total. The fourth-order valence-corrected chi connectivity index (χ4v) is 1.56. The molecule has 0 radical (unpaired) electrons. The highest BCUT2D eigenvalue weighted by atomic mass is 16.6.